The number of rotatable bonds is 4. The molecule has 1 aromatic rings. The molecule has 18 heavy (non-hydrogen) atoms. The second-order valence-corrected chi connectivity index (χ2v) is 5.13. The highest BCUT2D eigenvalue weighted by molar-refractivity contribution is 5.73. The molecule has 0 atom stereocenters. The predicted octanol–water partition coefficient (Wildman–Crippen LogP) is 2.69. The molecule has 1 aliphatic carbocycles. The van der Waals surface area contributed by atoms with Crippen molar-refractivity contribution in [1.82, 2.24) is 9.97 Å². The first-order valence-electron chi connectivity index (χ1n) is 6.74. The van der Waals surface area contributed by atoms with Crippen LogP contribution in [0.3, 0.4) is 0 Å². The van der Waals surface area contributed by atoms with Gasteiger partial charge in [-0.2, -0.15) is 0 Å². The first-order chi connectivity index (χ1) is 8.74. The van der Waals surface area contributed by atoms with E-state index in [0.717, 1.165) is 18.2 Å². The van der Waals surface area contributed by atoms with Crippen LogP contribution in [-0.4, -0.2) is 29.3 Å². The van der Waals surface area contributed by atoms with Crippen molar-refractivity contribution in [3.63, 3.8) is 0 Å². The molecule has 0 amide bonds. The van der Waals surface area contributed by atoms with Crippen molar-refractivity contribution in [1.29, 1.82) is 0 Å². The normalized spacial score (nSPS) is 23.7. The van der Waals surface area contributed by atoms with Crippen LogP contribution in [0.15, 0.2) is 12.4 Å². The molecule has 2 rings (SSSR count). The highest BCUT2D eigenvalue weighted by Crippen LogP contribution is 2.29. The fourth-order valence-electron chi connectivity index (χ4n) is 2.68. The summed E-state index contributed by atoms with van der Waals surface area (Å²) in [6.45, 7) is 2.27. The third-order valence-corrected chi connectivity index (χ3v) is 4.05. The van der Waals surface area contributed by atoms with E-state index >= 15 is 0 Å². The molecule has 0 spiro atoms. The summed E-state index contributed by atoms with van der Waals surface area (Å²) >= 11 is 0. The summed E-state index contributed by atoms with van der Waals surface area (Å²) in [6, 6.07) is 0.537. The zero-order chi connectivity index (χ0) is 13.0. The van der Waals surface area contributed by atoms with Crippen molar-refractivity contribution in [3.8, 4) is 0 Å². The molecule has 1 heterocycles. The Kier molecular flexibility index (Phi) is 4.28. The van der Waals surface area contributed by atoms with Crippen molar-refractivity contribution < 1.29 is 4.79 Å². The van der Waals surface area contributed by atoms with Crippen molar-refractivity contribution in [2.45, 2.75) is 45.1 Å². The quantitative estimate of drug-likeness (QED) is 0.767. The van der Waals surface area contributed by atoms with Gasteiger partial charge < -0.3 is 4.90 Å². The van der Waals surface area contributed by atoms with Crippen LogP contribution in [-0.2, 0) is 0 Å². The zero-order valence-corrected chi connectivity index (χ0v) is 11.2. The smallest absolute Gasteiger partial charge is 0.225 e. The number of anilines is 1. The molecule has 1 saturated carbocycles. The van der Waals surface area contributed by atoms with Gasteiger partial charge in [0.15, 0.2) is 6.29 Å². The van der Waals surface area contributed by atoms with E-state index in [0.29, 0.717) is 11.6 Å². The zero-order valence-electron chi connectivity index (χ0n) is 11.2. The molecule has 4 nitrogen and oxygen atoms in total. The minimum absolute atomic E-state index is 0.529. The first-order valence-corrected chi connectivity index (χ1v) is 6.74. The van der Waals surface area contributed by atoms with Gasteiger partial charge in [-0.3, -0.25) is 4.79 Å². The first kappa shape index (κ1) is 13.0. The van der Waals surface area contributed by atoms with Gasteiger partial charge in [0.2, 0.25) is 5.95 Å². The lowest BCUT2D eigenvalue weighted by molar-refractivity contribution is 0.112. The summed E-state index contributed by atoms with van der Waals surface area (Å²) in [5.74, 6) is 1.62. The third kappa shape index (κ3) is 2.86. The average Bonchev–Trinajstić information content (AvgIpc) is 2.47. The van der Waals surface area contributed by atoms with Gasteiger partial charge in [0.05, 0.1) is 5.56 Å². The maximum absolute atomic E-state index is 10.6. The minimum Gasteiger partial charge on any atom is -0.341 e. The molecule has 98 valence electrons. The molecule has 1 aliphatic rings. The molecule has 0 saturated heterocycles. The predicted molar refractivity (Wildman–Crippen MR) is 71.9 cm³/mol. The Labute approximate surface area is 108 Å². The lowest BCUT2D eigenvalue weighted by Crippen LogP contribution is -2.36. The van der Waals surface area contributed by atoms with E-state index in [1.807, 2.05) is 7.05 Å². The molecule has 0 aliphatic heterocycles. The Morgan fingerprint density at radius 1 is 1.28 bits per heavy atom. The summed E-state index contributed by atoms with van der Waals surface area (Å²) in [5.41, 5.74) is 0.529. The van der Waals surface area contributed by atoms with E-state index in [1.54, 1.807) is 12.4 Å². The standard InChI is InChI=1S/C14H21N3O/c1-3-11-4-6-13(7-5-11)17(2)14-15-8-12(10-18)9-16-14/h8-11,13H,3-7H2,1-2H3. The highest BCUT2D eigenvalue weighted by Gasteiger charge is 2.24. The summed E-state index contributed by atoms with van der Waals surface area (Å²) in [6.07, 6.45) is 10.3. The molecular formula is C14H21N3O. The Morgan fingerprint density at radius 2 is 1.89 bits per heavy atom. The number of carbonyl (C=O) groups excluding carboxylic acids is 1. The van der Waals surface area contributed by atoms with Crippen LogP contribution in [0.25, 0.3) is 0 Å². The summed E-state index contributed by atoms with van der Waals surface area (Å²) < 4.78 is 0. The second kappa shape index (κ2) is 5.94. The van der Waals surface area contributed by atoms with E-state index < -0.39 is 0 Å². The monoisotopic (exact) mass is 247 g/mol. The molecule has 0 unspecified atom stereocenters. The van der Waals surface area contributed by atoms with Gasteiger partial charge in [0.25, 0.3) is 0 Å². The fourth-order valence-corrected chi connectivity index (χ4v) is 2.68. The van der Waals surface area contributed by atoms with Gasteiger partial charge in [-0.1, -0.05) is 13.3 Å². The van der Waals surface area contributed by atoms with Crippen LogP contribution >= 0.6 is 0 Å². The van der Waals surface area contributed by atoms with Crippen molar-refractivity contribution in [2.24, 2.45) is 5.92 Å². The molecular weight excluding hydrogens is 226 g/mol. The second-order valence-electron chi connectivity index (χ2n) is 5.13. The molecule has 4 heteroatoms. The van der Waals surface area contributed by atoms with Crippen LogP contribution < -0.4 is 4.90 Å². The summed E-state index contributed by atoms with van der Waals surface area (Å²) in [5, 5.41) is 0. The SMILES string of the molecule is CCC1CCC(N(C)c2ncc(C=O)cn2)CC1. The van der Waals surface area contributed by atoms with Crippen LogP contribution in [0, 0.1) is 5.92 Å². The van der Waals surface area contributed by atoms with E-state index in [-0.39, 0.29) is 0 Å². The van der Waals surface area contributed by atoms with Crippen LogP contribution in [0.1, 0.15) is 49.4 Å². The van der Waals surface area contributed by atoms with Gasteiger partial charge in [-0.25, -0.2) is 9.97 Å². The minimum atomic E-state index is 0.529. The van der Waals surface area contributed by atoms with E-state index in [2.05, 4.69) is 21.8 Å². The lowest BCUT2D eigenvalue weighted by Gasteiger charge is -2.34. The van der Waals surface area contributed by atoms with Crippen LogP contribution in [0.2, 0.25) is 0 Å². The number of aromatic nitrogens is 2. The van der Waals surface area contributed by atoms with E-state index in [9.17, 15) is 4.79 Å². The molecule has 0 bridgehead atoms. The molecule has 1 aromatic heterocycles. The molecule has 1 fully saturated rings. The number of aldehydes is 1. The molecule has 0 aromatic carbocycles. The maximum atomic E-state index is 10.6. The van der Waals surface area contributed by atoms with Gasteiger partial charge in [-0.15, -0.1) is 0 Å². The summed E-state index contributed by atoms with van der Waals surface area (Å²) in [7, 11) is 2.05. The summed E-state index contributed by atoms with van der Waals surface area (Å²) in [4.78, 5) is 21.2. The van der Waals surface area contributed by atoms with E-state index in [4.69, 9.17) is 0 Å². The fraction of sp³-hybridized carbons (Fsp3) is 0.643. The number of nitrogens with zero attached hydrogens (tertiary/aromatic N) is 3. The lowest BCUT2D eigenvalue weighted by atomic mass is 9.84. The Balaban J connectivity index is 1.98. The van der Waals surface area contributed by atoms with Crippen molar-refractivity contribution in [2.75, 3.05) is 11.9 Å². The topological polar surface area (TPSA) is 46.1 Å². The number of carbonyl (C=O) groups is 1. The average molecular weight is 247 g/mol. The van der Waals surface area contributed by atoms with Crippen molar-refractivity contribution >= 4 is 12.2 Å². The Morgan fingerprint density at radius 3 is 2.39 bits per heavy atom. The van der Waals surface area contributed by atoms with Gasteiger partial charge in [-0.05, 0) is 31.6 Å². The Bertz CT molecular complexity index is 383. The van der Waals surface area contributed by atoms with Gasteiger partial charge in [0, 0.05) is 25.5 Å². The molecule has 0 N–H and O–H groups in total. The largest absolute Gasteiger partial charge is 0.341 e. The van der Waals surface area contributed by atoms with Crippen molar-refractivity contribution in [3.05, 3.63) is 18.0 Å². The van der Waals surface area contributed by atoms with Crippen LogP contribution in [0.4, 0.5) is 5.95 Å². The highest BCUT2D eigenvalue weighted by atomic mass is 16.1. The van der Waals surface area contributed by atoms with Gasteiger partial charge >= 0.3 is 0 Å². The van der Waals surface area contributed by atoms with Crippen LogP contribution in [0.5, 0.6) is 0 Å². The third-order valence-electron chi connectivity index (χ3n) is 4.05. The number of hydrogen-bond acceptors (Lipinski definition) is 4. The number of hydrogen-bond donors (Lipinski definition) is 0. The molecule has 0 radical (unpaired) electrons. The van der Waals surface area contributed by atoms with Gasteiger partial charge in [0.1, 0.15) is 0 Å². The Hall–Kier alpha value is -1.45. The maximum Gasteiger partial charge on any atom is 0.225 e. The van der Waals surface area contributed by atoms with E-state index in [1.165, 1.54) is 32.1 Å².